The number of halogens is 1. The van der Waals surface area contributed by atoms with Crippen molar-refractivity contribution in [1.82, 2.24) is 0 Å². The number of carbonyl (C=O) groups is 4. The van der Waals surface area contributed by atoms with Crippen LogP contribution in [0.2, 0.25) is 0 Å². The SMILES string of the molecule is COC(=O)[C@@]12OC[C@]34[C@H]([C@@H](O)[C@@H]1O)[C@@]1(C)[C@H](O)C(=O)C=C(C)[C@@H]1C[C@H]3OC(=O)[C@H](OC(=O)c1cccc(F)c1)[C@@H]24. The topological polar surface area (TPSA) is 166 Å². The van der Waals surface area contributed by atoms with Gasteiger partial charge in [-0.2, -0.15) is 0 Å². The number of aliphatic hydroxyl groups is 3. The average molecular weight is 561 g/mol. The van der Waals surface area contributed by atoms with Crippen LogP contribution < -0.4 is 0 Å². The number of ether oxygens (including phenoxy) is 4. The number of allylic oxidation sites excluding steroid dienone is 1. The van der Waals surface area contributed by atoms with Gasteiger partial charge in [-0.05, 0) is 43.5 Å². The number of hydrogen-bond donors (Lipinski definition) is 3. The lowest BCUT2D eigenvalue weighted by atomic mass is 9.38. The molecular weight excluding hydrogens is 531 g/mol. The Hall–Kier alpha value is -3.19. The lowest BCUT2D eigenvalue weighted by molar-refractivity contribution is -0.296. The molecule has 2 saturated carbocycles. The summed E-state index contributed by atoms with van der Waals surface area (Å²) in [6.07, 6.45) is -6.76. The normalized spacial score (nSPS) is 45.0. The number of benzene rings is 1. The smallest absolute Gasteiger partial charge is 0.348 e. The largest absolute Gasteiger partial charge is 0.467 e. The second-order valence-corrected chi connectivity index (χ2v) is 11.7. The summed E-state index contributed by atoms with van der Waals surface area (Å²) >= 11 is 0. The molecule has 214 valence electrons. The highest BCUT2D eigenvalue weighted by atomic mass is 19.1. The van der Waals surface area contributed by atoms with Gasteiger partial charge in [-0.15, -0.1) is 0 Å². The van der Waals surface area contributed by atoms with Gasteiger partial charge in [-0.3, -0.25) is 4.79 Å². The Labute approximate surface area is 227 Å². The Kier molecular flexibility index (Phi) is 5.84. The first-order valence-electron chi connectivity index (χ1n) is 13.0. The molecule has 0 unspecified atom stereocenters. The average Bonchev–Trinajstić information content (AvgIpc) is 3.22. The van der Waals surface area contributed by atoms with Crippen LogP contribution in [0.4, 0.5) is 4.39 Å². The van der Waals surface area contributed by atoms with E-state index in [0.29, 0.717) is 5.57 Å². The minimum Gasteiger partial charge on any atom is -0.467 e. The molecule has 2 saturated heterocycles. The molecule has 0 amide bonds. The molecule has 2 heterocycles. The molecular formula is C28H29FO11. The van der Waals surface area contributed by atoms with E-state index in [1.165, 1.54) is 18.2 Å². The van der Waals surface area contributed by atoms with Crippen LogP contribution in [0.3, 0.4) is 0 Å². The maximum absolute atomic E-state index is 13.9. The minimum atomic E-state index is -2.35. The highest BCUT2D eigenvalue weighted by Crippen LogP contribution is 2.72. The van der Waals surface area contributed by atoms with Gasteiger partial charge in [0.2, 0.25) is 11.7 Å². The molecule has 4 fully saturated rings. The Bertz CT molecular complexity index is 1360. The number of methoxy groups -OCH3 is 1. The second kappa shape index (κ2) is 8.65. The van der Waals surface area contributed by atoms with E-state index in [2.05, 4.69) is 0 Å². The van der Waals surface area contributed by atoms with Crippen LogP contribution in [0.5, 0.6) is 0 Å². The summed E-state index contributed by atoms with van der Waals surface area (Å²) in [7, 11) is 1.04. The number of aliphatic hydroxyl groups excluding tert-OH is 3. The van der Waals surface area contributed by atoms with Gasteiger partial charge in [0.25, 0.3) is 0 Å². The molecule has 1 spiro atoms. The van der Waals surface area contributed by atoms with E-state index in [0.717, 1.165) is 19.2 Å². The molecule has 11 nitrogen and oxygen atoms in total. The van der Waals surface area contributed by atoms with Crippen molar-refractivity contribution in [3.8, 4) is 0 Å². The van der Waals surface area contributed by atoms with Crippen molar-refractivity contribution in [2.45, 2.75) is 56.4 Å². The number of carbonyl (C=O) groups excluding carboxylic acids is 4. The van der Waals surface area contributed by atoms with Crippen molar-refractivity contribution < 1.29 is 57.8 Å². The van der Waals surface area contributed by atoms with E-state index in [9.17, 15) is 38.9 Å². The highest BCUT2D eigenvalue weighted by Gasteiger charge is 2.85. The van der Waals surface area contributed by atoms with Crippen LogP contribution in [0, 0.1) is 34.4 Å². The van der Waals surface area contributed by atoms with Gasteiger partial charge in [-0.25, -0.2) is 18.8 Å². The van der Waals surface area contributed by atoms with Crippen LogP contribution in [0.25, 0.3) is 0 Å². The van der Waals surface area contributed by atoms with Gasteiger partial charge in [0, 0.05) is 16.7 Å². The second-order valence-electron chi connectivity index (χ2n) is 11.7. The lowest BCUT2D eigenvalue weighted by Gasteiger charge is -2.67. The van der Waals surface area contributed by atoms with E-state index >= 15 is 0 Å². The maximum Gasteiger partial charge on any atom is 0.348 e. The van der Waals surface area contributed by atoms with Crippen molar-refractivity contribution in [1.29, 1.82) is 0 Å². The molecule has 40 heavy (non-hydrogen) atoms. The fourth-order valence-electron chi connectivity index (χ4n) is 8.61. The minimum absolute atomic E-state index is 0.107. The fraction of sp³-hybridized carbons (Fsp3) is 0.571. The number of esters is 3. The summed E-state index contributed by atoms with van der Waals surface area (Å²) in [6, 6.07) is 4.58. The van der Waals surface area contributed by atoms with E-state index in [-0.39, 0.29) is 18.6 Å². The van der Waals surface area contributed by atoms with Crippen molar-refractivity contribution in [3.05, 3.63) is 47.3 Å². The zero-order valence-electron chi connectivity index (χ0n) is 21.9. The Morgan fingerprint density at radius 1 is 1.15 bits per heavy atom. The number of rotatable bonds is 3. The molecule has 12 heteroatoms. The molecule has 3 aliphatic carbocycles. The van der Waals surface area contributed by atoms with E-state index in [1.54, 1.807) is 13.8 Å². The van der Waals surface area contributed by atoms with Crippen LogP contribution in [0.1, 0.15) is 30.6 Å². The first kappa shape index (κ1) is 27.0. The van der Waals surface area contributed by atoms with Crippen LogP contribution in [0.15, 0.2) is 35.9 Å². The van der Waals surface area contributed by atoms with E-state index in [1.807, 2.05) is 0 Å². The molecule has 0 radical (unpaired) electrons. The van der Waals surface area contributed by atoms with Gasteiger partial charge in [0.15, 0.2) is 5.78 Å². The van der Waals surface area contributed by atoms with Gasteiger partial charge >= 0.3 is 17.9 Å². The Morgan fingerprint density at radius 3 is 2.55 bits per heavy atom. The van der Waals surface area contributed by atoms with Crippen molar-refractivity contribution >= 4 is 23.7 Å². The molecule has 0 aromatic heterocycles. The summed E-state index contributed by atoms with van der Waals surface area (Å²) in [5.41, 5.74) is -4.84. The molecule has 1 aromatic carbocycles. The summed E-state index contributed by atoms with van der Waals surface area (Å²) in [4.78, 5) is 52.9. The Morgan fingerprint density at radius 2 is 1.88 bits per heavy atom. The molecule has 2 aliphatic heterocycles. The van der Waals surface area contributed by atoms with E-state index in [4.69, 9.17) is 18.9 Å². The van der Waals surface area contributed by atoms with Gasteiger partial charge in [-0.1, -0.05) is 18.6 Å². The number of fused-ring (bicyclic) bond motifs is 2. The van der Waals surface area contributed by atoms with Crippen LogP contribution in [-0.4, -0.2) is 88.8 Å². The number of ketones is 1. The van der Waals surface area contributed by atoms with Crippen molar-refractivity contribution in [3.63, 3.8) is 0 Å². The van der Waals surface area contributed by atoms with E-state index < -0.39 is 94.2 Å². The quantitative estimate of drug-likeness (QED) is 0.339. The fourth-order valence-corrected chi connectivity index (χ4v) is 8.61. The molecule has 1 aromatic rings. The van der Waals surface area contributed by atoms with Gasteiger partial charge in [0.05, 0.1) is 31.3 Å². The molecule has 5 aliphatic rings. The predicted octanol–water partition coefficient (Wildman–Crippen LogP) is 0.0888. The summed E-state index contributed by atoms with van der Waals surface area (Å²) < 4.78 is 36.3. The van der Waals surface area contributed by atoms with Crippen molar-refractivity contribution in [2.24, 2.45) is 28.6 Å². The highest BCUT2D eigenvalue weighted by molar-refractivity contribution is 5.96. The monoisotopic (exact) mass is 560 g/mol. The standard InChI is InChI=1S/C28H29FO11/c1-11-7-15(30)21(32)26(2)14(11)9-16-27-10-38-28(25(36)37-3,22(33)17(31)19(26)27)20(27)18(24(35)39-16)40-23(34)12-5-4-6-13(29)8-12/h4-8,14,16-22,31-33H,9-10H2,1-3H3/t14-,16+,17+,18+,19+,20+,21+,22-,26-,27+,28-/m0/s1. The number of hydrogen-bond acceptors (Lipinski definition) is 11. The molecule has 11 atom stereocenters. The third kappa shape index (κ3) is 3.07. The van der Waals surface area contributed by atoms with Crippen LogP contribution in [-0.2, 0) is 33.3 Å². The first-order valence-corrected chi connectivity index (χ1v) is 13.0. The summed E-state index contributed by atoms with van der Waals surface area (Å²) in [5.74, 6) is -7.68. The maximum atomic E-state index is 13.9. The zero-order valence-corrected chi connectivity index (χ0v) is 21.9. The molecule has 2 bridgehead atoms. The molecule has 6 rings (SSSR count). The van der Waals surface area contributed by atoms with Crippen LogP contribution >= 0.6 is 0 Å². The van der Waals surface area contributed by atoms with Gasteiger partial charge in [0.1, 0.15) is 24.1 Å². The zero-order chi connectivity index (χ0) is 28.9. The third-order valence-corrected chi connectivity index (χ3v) is 10.1. The summed E-state index contributed by atoms with van der Waals surface area (Å²) in [6.45, 7) is 2.97. The Balaban J connectivity index is 1.55. The van der Waals surface area contributed by atoms with Gasteiger partial charge < -0.3 is 34.3 Å². The molecule has 3 N–H and O–H groups in total. The lowest BCUT2D eigenvalue weighted by Crippen LogP contribution is -2.80. The van der Waals surface area contributed by atoms with Crippen molar-refractivity contribution in [2.75, 3.05) is 13.7 Å². The third-order valence-electron chi connectivity index (χ3n) is 10.1. The first-order chi connectivity index (χ1) is 18.8. The predicted molar refractivity (Wildman–Crippen MR) is 129 cm³/mol. The summed E-state index contributed by atoms with van der Waals surface area (Å²) in [5, 5.41) is 34.5.